The molecule has 0 saturated carbocycles. The molecule has 194 valence electrons. The lowest BCUT2D eigenvalue weighted by Crippen LogP contribution is -2.38. The Morgan fingerprint density at radius 3 is 2.47 bits per heavy atom. The van der Waals surface area contributed by atoms with E-state index in [4.69, 9.17) is 20.0 Å². The lowest BCUT2D eigenvalue weighted by Gasteiger charge is -2.27. The zero-order valence-electron chi connectivity index (χ0n) is 21.0. The molecule has 2 aliphatic rings. The van der Waals surface area contributed by atoms with E-state index in [1.807, 2.05) is 19.1 Å². The van der Waals surface area contributed by atoms with Gasteiger partial charge < -0.3 is 9.47 Å². The highest BCUT2D eigenvalue weighted by Gasteiger charge is 2.28. The molecule has 1 N–H and O–H groups in total. The Morgan fingerprint density at radius 1 is 1.13 bits per heavy atom. The number of rotatable bonds is 8. The van der Waals surface area contributed by atoms with Crippen LogP contribution in [0.2, 0.25) is 0 Å². The molecule has 2 aromatic carbocycles. The van der Waals surface area contributed by atoms with E-state index in [0.717, 1.165) is 44.0 Å². The number of carbonyl (C=O) groups excluding carboxylic acids is 2. The van der Waals surface area contributed by atoms with Gasteiger partial charge in [0.25, 0.3) is 0 Å². The summed E-state index contributed by atoms with van der Waals surface area (Å²) in [5.74, 6) is -0.895. The maximum atomic E-state index is 12.6. The van der Waals surface area contributed by atoms with Crippen molar-refractivity contribution in [2.75, 3.05) is 38.5 Å². The van der Waals surface area contributed by atoms with Crippen LogP contribution in [0.25, 0.3) is 0 Å². The molecule has 1 saturated heterocycles. The third-order valence-corrected chi connectivity index (χ3v) is 6.17. The van der Waals surface area contributed by atoms with Gasteiger partial charge in [0.2, 0.25) is 11.6 Å². The lowest BCUT2D eigenvalue weighted by molar-refractivity contribution is -0.136. The largest absolute Gasteiger partial charge is 0.439 e. The molecule has 0 unspecified atom stereocenters. The fraction of sp³-hybridized carbons (Fsp3) is 0.333. The maximum absolute atomic E-state index is 12.6. The van der Waals surface area contributed by atoms with Gasteiger partial charge in [-0.2, -0.15) is 25.7 Å². The minimum Gasteiger partial charge on any atom is -0.439 e. The van der Waals surface area contributed by atoms with Gasteiger partial charge in [0, 0.05) is 32.0 Å². The molecule has 2 heterocycles. The molecule has 1 atom stereocenters. The zero-order chi connectivity index (χ0) is 26.9. The SMILES string of the molecule is C[C@@H]1CC(=O)N(COC(=O)c2ccc(CN3CCOCC3)cc2)N=C1c1ccc(NN=C(C#N)C#N)cc1. The Bertz CT molecular complexity index is 1280. The van der Waals surface area contributed by atoms with Crippen LogP contribution in [-0.2, 0) is 20.8 Å². The topological polar surface area (TPSA) is 143 Å². The number of benzene rings is 2. The van der Waals surface area contributed by atoms with Crippen LogP contribution in [0.1, 0.15) is 34.8 Å². The average molecular weight is 514 g/mol. The second kappa shape index (κ2) is 12.6. The molecule has 0 radical (unpaired) electrons. The highest BCUT2D eigenvalue weighted by atomic mass is 16.5. The number of esters is 1. The van der Waals surface area contributed by atoms with Crippen LogP contribution < -0.4 is 5.43 Å². The first-order valence-electron chi connectivity index (χ1n) is 12.2. The van der Waals surface area contributed by atoms with Gasteiger partial charge in [0.1, 0.15) is 12.1 Å². The Hall–Kier alpha value is -4.58. The van der Waals surface area contributed by atoms with Gasteiger partial charge in [-0.15, -0.1) is 0 Å². The highest BCUT2D eigenvalue weighted by Crippen LogP contribution is 2.22. The molecular weight excluding hydrogens is 486 g/mol. The predicted octanol–water partition coefficient (Wildman–Crippen LogP) is 2.72. The Labute approximate surface area is 220 Å². The first-order valence-corrected chi connectivity index (χ1v) is 12.2. The van der Waals surface area contributed by atoms with Crippen molar-refractivity contribution in [2.24, 2.45) is 16.1 Å². The van der Waals surface area contributed by atoms with E-state index in [-0.39, 0.29) is 30.7 Å². The molecule has 2 aromatic rings. The van der Waals surface area contributed by atoms with Crippen LogP contribution in [0.5, 0.6) is 0 Å². The summed E-state index contributed by atoms with van der Waals surface area (Å²) in [4.78, 5) is 27.5. The first kappa shape index (κ1) is 26.5. The number of amides is 1. The number of nitriles is 2. The van der Waals surface area contributed by atoms with Gasteiger partial charge in [0.05, 0.1) is 30.2 Å². The van der Waals surface area contributed by atoms with E-state index in [1.165, 1.54) is 5.01 Å². The third-order valence-electron chi connectivity index (χ3n) is 6.17. The van der Waals surface area contributed by atoms with Gasteiger partial charge in [0.15, 0.2) is 6.73 Å². The van der Waals surface area contributed by atoms with Gasteiger partial charge in [-0.3, -0.25) is 15.1 Å². The van der Waals surface area contributed by atoms with E-state index in [1.54, 1.807) is 48.5 Å². The number of nitrogens with one attached hydrogen (secondary N) is 1. The van der Waals surface area contributed by atoms with Gasteiger partial charge in [-0.05, 0) is 35.4 Å². The molecule has 0 spiro atoms. The number of anilines is 1. The van der Waals surface area contributed by atoms with E-state index in [0.29, 0.717) is 17.0 Å². The summed E-state index contributed by atoms with van der Waals surface area (Å²) in [5, 5.41) is 26.9. The monoisotopic (exact) mass is 513 g/mol. The van der Waals surface area contributed by atoms with Crippen molar-refractivity contribution in [1.82, 2.24) is 9.91 Å². The van der Waals surface area contributed by atoms with Crippen molar-refractivity contribution in [3.05, 3.63) is 65.2 Å². The summed E-state index contributed by atoms with van der Waals surface area (Å²) in [5.41, 5.74) is 5.91. The van der Waals surface area contributed by atoms with Crippen LogP contribution in [0.3, 0.4) is 0 Å². The molecule has 11 nitrogen and oxygen atoms in total. The van der Waals surface area contributed by atoms with Gasteiger partial charge >= 0.3 is 5.97 Å². The summed E-state index contributed by atoms with van der Waals surface area (Å²) in [6.07, 6.45) is 0.227. The number of nitrogens with zero attached hydrogens (tertiary/aromatic N) is 6. The molecule has 0 bridgehead atoms. The summed E-state index contributed by atoms with van der Waals surface area (Å²) < 4.78 is 10.8. The Kier molecular flexibility index (Phi) is 8.77. The number of carbonyl (C=O) groups is 2. The number of hydrogen-bond acceptors (Lipinski definition) is 10. The maximum Gasteiger partial charge on any atom is 0.339 e. The molecule has 4 rings (SSSR count). The number of ether oxygens (including phenoxy) is 2. The lowest BCUT2D eigenvalue weighted by atomic mass is 9.94. The Balaban J connectivity index is 1.36. The summed E-state index contributed by atoms with van der Waals surface area (Å²) >= 11 is 0. The second-order valence-corrected chi connectivity index (χ2v) is 8.90. The van der Waals surface area contributed by atoms with E-state index in [2.05, 4.69) is 20.5 Å². The van der Waals surface area contributed by atoms with Crippen molar-refractivity contribution in [1.29, 1.82) is 10.5 Å². The average Bonchev–Trinajstić information content (AvgIpc) is 2.94. The van der Waals surface area contributed by atoms with E-state index in [9.17, 15) is 9.59 Å². The molecule has 1 amide bonds. The molecule has 1 fully saturated rings. The number of hydrogen-bond donors (Lipinski definition) is 1. The third kappa shape index (κ3) is 6.79. The van der Waals surface area contributed by atoms with Crippen LogP contribution >= 0.6 is 0 Å². The number of morpholine rings is 1. The Morgan fingerprint density at radius 2 is 1.82 bits per heavy atom. The molecule has 38 heavy (non-hydrogen) atoms. The van der Waals surface area contributed by atoms with E-state index < -0.39 is 5.97 Å². The minimum atomic E-state index is -0.531. The summed E-state index contributed by atoms with van der Waals surface area (Å²) in [6.45, 7) is 5.64. The van der Waals surface area contributed by atoms with Crippen LogP contribution in [-0.4, -0.2) is 66.2 Å². The fourth-order valence-corrected chi connectivity index (χ4v) is 4.07. The number of hydrazone groups is 2. The zero-order valence-corrected chi connectivity index (χ0v) is 21.0. The van der Waals surface area contributed by atoms with Crippen LogP contribution in [0.15, 0.2) is 58.7 Å². The fourth-order valence-electron chi connectivity index (χ4n) is 4.07. The van der Waals surface area contributed by atoms with Gasteiger partial charge in [-0.25, -0.2) is 4.79 Å². The highest BCUT2D eigenvalue weighted by molar-refractivity contribution is 6.10. The van der Waals surface area contributed by atoms with E-state index >= 15 is 0 Å². The van der Waals surface area contributed by atoms with Crippen molar-refractivity contribution in [3.63, 3.8) is 0 Å². The molecule has 0 aliphatic carbocycles. The summed E-state index contributed by atoms with van der Waals surface area (Å²) in [7, 11) is 0. The van der Waals surface area contributed by atoms with Crippen molar-refractivity contribution in [3.8, 4) is 12.1 Å². The van der Waals surface area contributed by atoms with Crippen molar-refractivity contribution >= 4 is 29.0 Å². The van der Waals surface area contributed by atoms with Crippen molar-refractivity contribution in [2.45, 2.75) is 19.9 Å². The van der Waals surface area contributed by atoms with Crippen molar-refractivity contribution < 1.29 is 19.1 Å². The minimum absolute atomic E-state index is 0.130. The smallest absolute Gasteiger partial charge is 0.339 e. The summed E-state index contributed by atoms with van der Waals surface area (Å²) in [6, 6.07) is 17.7. The molecular formula is C27H27N7O4. The normalized spacial score (nSPS) is 17.6. The predicted molar refractivity (Wildman–Crippen MR) is 139 cm³/mol. The molecule has 11 heteroatoms. The van der Waals surface area contributed by atoms with Gasteiger partial charge in [-0.1, -0.05) is 31.2 Å². The first-order chi connectivity index (χ1) is 18.5. The van der Waals surface area contributed by atoms with Crippen LogP contribution in [0, 0.1) is 28.6 Å². The quantitative estimate of drug-likeness (QED) is 0.322. The second-order valence-electron chi connectivity index (χ2n) is 8.90. The molecule has 0 aromatic heterocycles. The molecule has 2 aliphatic heterocycles. The van der Waals surface area contributed by atoms with Crippen LogP contribution in [0.4, 0.5) is 5.69 Å². The standard InChI is InChI=1S/C27H27N7O4/c1-19-14-25(35)34(32-26(19)21-6-8-23(9-7-21)30-31-24(15-28)16-29)18-38-27(36)22-4-2-20(3-5-22)17-33-10-12-37-13-11-33/h2-9,19,30H,10-14,17-18H2,1H3/t19-/m1/s1.